The Morgan fingerprint density at radius 1 is 1.29 bits per heavy atom. The van der Waals surface area contributed by atoms with Crippen molar-refractivity contribution < 1.29 is 14.3 Å². The SMILES string of the molecule is CC(C)C(O)CCNC(=O)NCc1cc2ccccc2o1. The zero-order valence-electron chi connectivity index (χ0n) is 12.4. The average molecular weight is 290 g/mol. The molecule has 1 heterocycles. The molecule has 1 atom stereocenters. The maximum atomic E-state index is 11.6. The summed E-state index contributed by atoms with van der Waals surface area (Å²) >= 11 is 0. The molecule has 0 radical (unpaired) electrons. The van der Waals surface area contributed by atoms with Crippen molar-refractivity contribution in [3.63, 3.8) is 0 Å². The molecule has 0 bridgehead atoms. The minimum absolute atomic E-state index is 0.199. The second kappa shape index (κ2) is 7.13. The number of amides is 2. The molecule has 0 saturated heterocycles. The summed E-state index contributed by atoms with van der Waals surface area (Å²) in [4.78, 5) is 11.6. The van der Waals surface area contributed by atoms with Crippen LogP contribution in [-0.2, 0) is 6.54 Å². The normalized spacial score (nSPS) is 12.6. The van der Waals surface area contributed by atoms with Gasteiger partial charge in [0, 0.05) is 11.9 Å². The number of rotatable bonds is 6. The largest absolute Gasteiger partial charge is 0.459 e. The topological polar surface area (TPSA) is 74.5 Å². The van der Waals surface area contributed by atoms with Crippen LogP contribution in [0.3, 0.4) is 0 Å². The molecule has 21 heavy (non-hydrogen) atoms. The van der Waals surface area contributed by atoms with Gasteiger partial charge in [0.25, 0.3) is 0 Å². The zero-order chi connectivity index (χ0) is 15.2. The van der Waals surface area contributed by atoms with Crippen molar-refractivity contribution in [3.05, 3.63) is 36.1 Å². The van der Waals surface area contributed by atoms with E-state index in [0.717, 1.165) is 11.0 Å². The first-order valence-corrected chi connectivity index (χ1v) is 7.23. The van der Waals surface area contributed by atoms with Crippen LogP contribution < -0.4 is 10.6 Å². The van der Waals surface area contributed by atoms with Crippen molar-refractivity contribution in [2.75, 3.05) is 6.54 Å². The zero-order valence-corrected chi connectivity index (χ0v) is 12.4. The Morgan fingerprint density at radius 3 is 2.76 bits per heavy atom. The van der Waals surface area contributed by atoms with Gasteiger partial charge in [-0.3, -0.25) is 0 Å². The molecule has 1 unspecified atom stereocenters. The van der Waals surface area contributed by atoms with Crippen molar-refractivity contribution >= 4 is 17.0 Å². The van der Waals surface area contributed by atoms with E-state index in [9.17, 15) is 9.90 Å². The highest BCUT2D eigenvalue weighted by molar-refractivity contribution is 5.78. The minimum atomic E-state index is -0.388. The van der Waals surface area contributed by atoms with Crippen LogP contribution >= 0.6 is 0 Å². The number of furan rings is 1. The number of carbonyl (C=O) groups is 1. The van der Waals surface area contributed by atoms with Crippen LogP contribution in [0.25, 0.3) is 11.0 Å². The molecule has 0 saturated carbocycles. The van der Waals surface area contributed by atoms with Gasteiger partial charge in [-0.2, -0.15) is 0 Å². The molecule has 2 rings (SSSR count). The van der Waals surface area contributed by atoms with E-state index in [1.54, 1.807) is 0 Å². The summed E-state index contributed by atoms with van der Waals surface area (Å²) in [5.41, 5.74) is 0.815. The van der Waals surface area contributed by atoms with E-state index in [1.807, 2.05) is 44.2 Å². The lowest BCUT2D eigenvalue weighted by atomic mass is 10.0. The van der Waals surface area contributed by atoms with Crippen molar-refractivity contribution in [1.82, 2.24) is 10.6 Å². The quantitative estimate of drug-likeness (QED) is 0.765. The molecule has 1 aromatic heterocycles. The van der Waals surface area contributed by atoms with Gasteiger partial charge in [-0.05, 0) is 24.5 Å². The summed E-state index contributed by atoms with van der Waals surface area (Å²) < 4.78 is 5.61. The predicted octanol–water partition coefficient (Wildman–Crippen LogP) is 2.64. The predicted molar refractivity (Wildman–Crippen MR) is 81.9 cm³/mol. The molecule has 114 valence electrons. The van der Waals surface area contributed by atoms with E-state index in [0.29, 0.717) is 25.3 Å². The fraction of sp³-hybridized carbons (Fsp3) is 0.438. The third-order valence-corrected chi connectivity index (χ3v) is 3.39. The highest BCUT2D eigenvalue weighted by atomic mass is 16.3. The highest BCUT2D eigenvalue weighted by Gasteiger charge is 2.09. The smallest absolute Gasteiger partial charge is 0.315 e. The van der Waals surface area contributed by atoms with Crippen LogP contribution in [0.4, 0.5) is 4.79 Å². The third-order valence-electron chi connectivity index (χ3n) is 3.39. The standard InChI is InChI=1S/C16H22N2O3/c1-11(2)14(19)7-8-17-16(20)18-10-13-9-12-5-3-4-6-15(12)21-13/h3-6,9,11,14,19H,7-8,10H2,1-2H3,(H2,17,18,20). The molecule has 3 N–H and O–H groups in total. The number of aliphatic hydroxyl groups is 1. The van der Waals surface area contributed by atoms with Gasteiger partial charge < -0.3 is 20.2 Å². The molecule has 0 spiro atoms. The molecule has 0 aliphatic carbocycles. The van der Waals surface area contributed by atoms with Crippen molar-refractivity contribution in [3.8, 4) is 0 Å². The van der Waals surface area contributed by atoms with Crippen molar-refractivity contribution in [2.45, 2.75) is 32.9 Å². The molecule has 0 fully saturated rings. The van der Waals surface area contributed by atoms with Gasteiger partial charge in [0.1, 0.15) is 11.3 Å². The second-order valence-electron chi connectivity index (χ2n) is 5.46. The molecule has 0 aliphatic rings. The van der Waals surface area contributed by atoms with E-state index in [1.165, 1.54) is 0 Å². The number of para-hydroxylation sites is 1. The number of nitrogens with one attached hydrogen (secondary N) is 2. The Bertz CT molecular complexity index is 559. The van der Waals surface area contributed by atoms with Gasteiger partial charge in [-0.15, -0.1) is 0 Å². The van der Waals surface area contributed by atoms with Crippen LogP contribution in [0.1, 0.15) is 26.0 Å². The monoisotopic (exact) mass is 290 g/mol. The Kier molecular flexibility index (Phi) is 5.22. The molecular formula is C16H22N2O3. The maximum absolute atomic E-state index is 11.6. The lowest BCUT2D eigenvalue weighted by molar-refractivity contribution is 0.116. The number of aliphatic hydroxyl groups excluding tert-OH is 1. The Labute approximate surface area is 124 Å². The summed E-state index contributed by atoms with van der Waals surface area (Å²) in [5, 5.41) is 16.1. The maximum Gasteiger partial charge on any atom is 0.315 e. The number of carbonyl (C=O) groups excluding carboxylic acids is 1. The molecule has 2 amide bonds. The van der Waals surface area contributed by atoms with Crippen molar-refractivity contribution in [1.29, 1.82) is 0 Å². The van der Waals surface area contributed by atoms with Gasteiger partial charge in [-0.1, -0.05) is 32.0 Å². The first-order chi connectivity index (χ1) is 10.1. The molecular weight excluding hydrogens is 268 g/mol. The van der Waals surface area contributed by atoms with E-state index in [2.05, 4.69) is 10.6 Å². The molecule has 1 aromatic carbocycles. The number of benzene rings is 1. The van der Waals surface area contributed by atoms with Gasteiger partial charge in [0.2, 0.25) is 0 Å². The summed E-state index contributed by atoms with van der Waals surface area (Å²) in [7, 11) is 0. The third kappa shape index (κ3) is 4.49. The number of hydrogen-bond acceptors (Lipinski definition) is 3. The van der Waals surface area contributed by atoms with E-state index < -0.39 is 0 Å². The first-order valence-electron chi connectivity index (χ1n) is 7.23. The second-order valence-corrected chi connectivity index (χ2v) is 5.46. The average Bonchev–Trinajstić information content (AvgIpc) is 2.87. The van der Waals surface area contributed by atoms with Crippen LogP contribution in [0.5, 0.6) is 0 Å². The van der Waals surface area contributed by atoms with Crippen LogP contribution in [0.2, 0.25) is 0 Å². The number of urea groups is 1. The molecule has 2 aromatic rings. The highest BCUT2D eigenvalue weighted by Crippen LogP contribution is 2.18. The molecule has 0 aliphatic heterocycles. The summed E-state index contributed by atoms with van der Waals surface area (Å²) in [6.07, 6.45) is 0.163. The van der Waals surface area contributed by atoms with Gasteiger partial charge >= 0.3 is 6.03 Å². The number of hydrogen-bond donors (Lipinski definition) is 3. The van der Waals surface area contributed by atoms with Crippen LogP contribution in [0, 0.1) is 5.92 Å². The Morgan fingerprint density at radius 2 is 2.05 bits per heavy atom. The molecule has 5 nitrogen and oxygen atoms in total. The van der Waals surface area contributed by atoms with E-state index in [-0.39, 0.29) is 18.1 Å². The lowest BCUT2D eigenvalue weighted by Crippen LogP contribution is -2.36. The summed E-state index contributed by atoms with van der Waals surface area (Å²) in [6.45, 7) is 4.69. The fourth-order valence-corrected chi connectivity index (χ4v) is 2.02. The van der Waals surface area contributed by atoms with Gasteiger partial charge in [0.15, 0.2) is 0 Å². The lowest BCUT2D eigenvalue weighted by Gasteiger charge is -2.14. The van der Waals surface area contributed by atoms with Gasteiger partial charge in [-0.25, -0.2) is 4.79 Å². The van der Waals surface area contributed by atoms with Crippen LogP contribution in [-0.4, -0.2) is 23.8 Å². The van der Waals surface area contributed by atoms with E-state index >= 15 is 0 Å². The fourth-order valence-electron chi connectivity index (χ4n) is 2.02. The van der Waals surface area contributed by atoms with E-state index in [4.69, 9.17) is 4.42 Å². The summed E-state index contributed by atoms with van der Waals surface area (Å²) in [6, 6.07) is 9.38. The Balaban J connectivity index is 1.73. The van der Waals surface area contributed by atoms with Gasteiger partial charge in [0.05, 0.1) is 12.6 Å². The van der Waals surface area contributed by atoms with Crippen molar-refractivity contribution in [2.24, 2.45) is 5.92 Å². The summed E-state index contributed by atoms with van der Waals surface area (Å²) in [5.74, 6) is 0.916. The Hall–Kier alpha value is -2.01. The number of fused-ring (bicyclic) bond motifs is 1. The van der Waals surface area contributed by atoms with Crippen LogP contribution in [0.15, 0.2) is 34.7 Å². The molecule has 5 heteroatoms. The minimum Gasteiger partial charge on any atom is -0.459 e. The first kappa shape index (κ1) is 15.4.